The van der Waals surface area contributed by atoms with Gasteiger partial charge in [0.1, 0.15) is 17.1 Å². The van der Waals surface area contributed by atoms with Gasteiger partial charge in [-0.25, -0.2) is 9.59 Å². The van der Waals surface area contributed by atoms with Crippen LogP contribution in [-0.2, 0) is 9.53 Å². The van der Waals surface area contributed by atoms with Crippen molar-refractivity contribution in [3.8, 4) is 22.6 Å². The largest absolute Gasteiger partial charge is 0.497 e. The van der Waals surface area contributed by atoms with E-state index in [9.17, 15) is 9.59 Å². The minimum atomic E-state index is -0.461. The maximum absolute atomic E-state index is 12.6. The molecule has 0 bridgehead atoms. The topological polar surface area (TPSA) is 75.0 Å². The van der Waals surface area contributed by atoms with Crippen LogP contribution in [-0.4, -0.2) is 26.3 Å². The van der Waals surface area contributed by atoms with Crippen molar-refractivity contribution >= 4 is 16.9 Å². The van der Waals surface area contributed by atoms with Crippen LogP contribution in [0, 0.1) is 12.8 Å². The lowest BCUT2D eigenvalue weighted by atomic mass is 10.0. The van der Waals surface area contributed by atoms with Gasteiger partial charge >= 0.3 is 11.6 Å². The SMILES string of the molecule is C=CC(=O)OCC(C)COc1ccc2cc(-c3ccc(OC)cc3C)c(=O)oc2c1. The molecule has 0 saturated heterocycles. The number of esters is 1. The van der Waals surface area contributed by atoms with E-state index in [1.165, 1.54) is 0 Å². The Morgan fingerprint density at radius 2 is 1.87 bits per heavy atom. The number of methoxy groups -OCH3 is 1. The third kappa shape index (κ3) is 4.89. The molecule has 0 fully saturated rings. The number of rotatable bonds is 8. The first-order valence-electron chi connectivity index (χ1n) is 9.56. The summed E-state index contributed by atoms with van der Waals surface area (Å²) in [5, 5.41) is 0.792. The van der Waals surface area contributed by atoms with Crippen LogP contribution < -0.4 is 15.1 Å². The Morgan fingerprint density at radius 1 is 1.10 bits per heavy atom. The van der Waals surface area contributed by atoms with E-state index in [0.29, 0.717) is 23.5 Å². The monoisotopic (exact) mass is 408 g/mol. The van der Waals surface area contributed by atoms with Crippen LogP contribution in [0.3, 0.4) is 0 Å². The molecule has 3 aromatic rings. The second kappa shape index (κ2) is 9.31. The lowest BCUT2D eigenvalue weighted by molar-refractivity contribution is -0.139. The van der Waals surface area contributed by atoms with E-state index in [1.807, 2.05) is 50.2 Å². The minimum Gasteiger partial charge on any atom is -0.497 e. The molecule has 2 aromatic carbocycles. The zero-order valence-corrected chi connectivity index (χ0v) is 17.3. The Hall–Kier alpha value is -3.54. The lowest BCUT2D eigenvalue weighted by Gasteiger charge is -2.13. The number of ether oxygens (including phenoxy) is 3. The molecule has 1 aromatic heterocycles. The summed E-state index contributed by atoms with van der Waals surface area (Å²) in [5.41, 5.74) is 2.24. The fourth-order valence-corrected chi connectivity index (χ4v) is 3.00. The Balaban J connectivity index is 1.78. The number of fused-ring (bicyclic) bond motifs is 1. The van der Waals surface area contributed by atoms with E-state index in [-0.39, 0.29) is 12.5 Å². The second-order valence-corrected chi connectivity index (χ2v) is 7.08. The van der Waals surface area contributed by atoms with Crippen molar-refractivity contribution in [2.24, 2.45) is 5.92 Å². The Labute approximate surface area is 174 Å². The molecule has 1 unspecified atom stereocenters. The Kier molecular flexibility index (Phi) is 6.57. The molecule has 30 heavy (non-hydrogen) atoms. The summed E-state index contributed by atoms with van der Waals surface area (Å²) in [6, 6.07) is 12.7. The fraction of sp³-hybridized carbons (Fsp3) is 0.250. The van der Waals surface area contributed by atoms with E-state index in [4.69, 9.17) is 18.6 Å². The van der Waals surface area contributed by atoms with E-state index in [2.05, 4.69) is 6.58 Å². The number of hydrogen-bond donors (Lipinski definition) is 0. The molecule has 0 amide bonds. The van der Waals surface area contributed by atoms with Gasteiger partial charge in [-0.05, 0) is 48.4 Å². The zero-order chi connectivity index (χ0) is 21.7. The predicted molar refractivity (Wildman–Crippen MR) is 115 cm³/mol. The molecule has 0 aliphatic rings. The van der Waals surface area contributed by atoms with Gasteiger partial charge in [-0.3, -0.25) is 0 Å². The van der Waals surface area contributed by atoms with Crippen molar-refractivity contribution in [2.75, 3.05) is 20.3 Å². The molecule has 0 saturated carbocycles. The van der Waals surface area contributed by atoms with Gasteiger partial charge in [-0.2, -0.15) is 0 Å². The average molecular weight is 408 g/mol. The number of carbonyl (C=O) groups excluding carboxylic acids is 1. The van der Waals surface area contributed by atoms with E-state index >= 15 is 0 Å². The van der Waals surface area contributed by atoms with Gasteiger partial charge in [-0.1, -0.05) is 19.6 Å². The first kappa shape index (κ1) is 21.2. The van der Waals surface area contributed by atoms with Crippen LogP contribution in [0.5, 0.6) is 11.5 Å². The van der Waals surface area contributed by atoms with Gasteiger partial charge < -0.3 is 18.6 Å². The average Bonchev–Trinajstić information content (AvgIpc) is 2.75. The van der Waals surface area contributed by atoms with Crippen LogP contribution >= 0.6 is 0 Å². The van der Waals surface area contributed by atoms with Crippen LogP contribution in [0.4, 0.5) is 0 Å². The molecule has 1 atom stereocenters. The Bertz CT molecular complexity index is 1130. The summed E-state index contributed by atoms with van der Waals surface area (Å²) in [5.74, 6) is 0.840. The molecule has 0 spiro atoms. The predicted octanol–water partition coefficient (Wildman–Crippen LogP) is 4.52. The smallest absolute Gasteiger partial charge is 0.344 e. The number of hydrogen-bond acceptors (Lipinski definition) is 6. The first-order valence-corrected chi connectivity index (χ1v) is 9.56. The third-order valence-corrected chi connectivity index (χ3v) is 4.64. The molecular weight excluding hydrogens is 384 g/mol. The molecular formula is C24H24O6. The number of aryl methyl sites for hydroxylation is 1. The van der Waals surface area contributed by atoms with E-state index in [0.717, 1.165) is 28.3 Å². The Morgan fingerprint density at radius 3 is 2.57 bits per heavy atom. The van der Waals surface area contributed by atoms with Gasteiger partial charge in [0.15, 0.2) is 0 Å². The van der Waals surface area contributed by atoms with Crippen molar-refractivity contribution < 1.29 is 23.4 Å². The standard InChI is InChI=1S/C24H24O6/c1-5-23(25)29-14-15(2)13-28-19-7-6-17-11-21(24(26)30-22(17)12-19)20-9-8-18(27-4)10-16(20)3/h5-12,15H,1,13-14H2,2-4H3. The van der Waals surface area contributed by atoms with Crippen molar-refractivity contribution in [1.29, 1.82) is 0 Å². The summed E-state index contributed by atoms with van der Waals surface area (Å²) in [7, 11) is 1.60. The molecule has 6 heteroatoms. The van der Waals surface area contributed by atoms with Crippen molar-refractivity contribution in [1.82, 2.24) is 0 Å². The summed E-state index contributed by atoms with van der Waals surface area (Å²) in [6.45, 7) is 7.77. The van der Waals surface area contributed by atoms with Crippen LogP contribution in [0.1, 0.15) is 12.5 Å². The lowest BCUT2D eigenvalue weighted by Crippen LogP contribution is -2.16. The highest BCUT2D eigenvalue weighted by Crippen LogP contribution is 2.28. The molecule has 0 radical (unpaired) electrons. The van der Waals surface area contributed by atoms with Crippen molar-refractivity contribution in [3.63, 3.8) is 0 Å². The first-order chi connectivity index (χ1) is 14.4. The van der Waals surface area contributed by atoms with E-state index < -0.39 is 11.6 Å². The molecule has 1 heterocycles. The van der Waals surface area contributed by atoms with Gasteiger partial charge in [0.25, 0.3) is 0 Å². The van der Waals surface area contributed by atoms with Gasteiger partial charge in [0, 0.05) is 23.4 Å². The maximum Gasteiger partial charge on any atom is 0.344 e. The highest BCUT2D eigenvalue weighted by molar-refractivity contribution is 5.83. The summed E-state index contributed by atoms with van der Waals surface area (Å²) < 4.78 is 21.5. The van der Waals surface area contributed by atoms with Gasteiger partial charge in [-0.15, -0.1) is 0 Å². The minimum absolute atomic E-state index is 0.00275. The number of benzene rings is 2. The quantitative estimate of drug-likeness (QED) is 0.310. The zero-order valence-electron chi connectivity index (χ0n) is 17.3. The summed E-state index contributed by atoms with van der Waals surface area (Å²) in [6.07, 6.45) is 1.13. The molecule has 0 N–H and O–H groups in total. The van der Waals surface area contributed by atoms with Crippen LogP contribution in [0.25, 0.3) is 22.1 Å². The second-order valence-electron chi connectivity index (χ2n) is 7.08. The fourth-order valence-electron chi connectivity index (χ4n) is 3.00. The molecule has 6 nitrogen and oxygen atoms in total. The van der Waals surface area contributed by atoms with E-state index in [1.54, 1.807) is 13.2 Å². The molecule has 0 aliphatic heterocycles. The molecule has 3 rings (SSSR count). The highest BCUT2D eigenvalue weighted by atomic mass is 16.5. The van der Waals surface area contributed by atoms with Crippen molar-refractivity contribution in [2.45, 2.75) is 13.8 Å². The van der Waals surface area contributed by atoms with Crippen LogP contribution in [0.2, 0.25) is 0 Å². The molecule has 0 aliphatic carbocycles. The number of carbonyl (C=O) groups is 1. The summed E-state index contributed by atoms with van der Waals surface area (Å²) in [4.78, 5) is 23.7. The molecule has 156 valence electrons. The normalized spacial score (nSPS) is 11.7. The van der Waals surface area contributed by atoms with Gasteiger partial charge in [0.05, 0.1) is 25.9 Å². The van der Waals surface area contributed by atoms with Crippen LogP contribution in [0.15, 0.2) is 64.3 Å². The van der Waals surface area contributed by atoms with Crippen molar-refractivity contribution in [3.05, 3.63) is 71.1 Å². The maximum atomic E-state index is 12.6. The highest BCUT2D eigenvalue weighted by Gasteiger charge is 2.12. The van der Waals surface area contributed by atoms with Gasteiger partial charge in [0.2, 0.25) is 0 Å². The third-order valence-electron chi connectivity index (χ3n) is 4.64. The summed E-state index contributed by atoms with van der Waals surface area (Å²) >= 11 is 0.